The molecule has 0 saturated heterocycles. The van der Waals surface area contributed by atoms with E-state index in [4.69, 9.17) is 5.11 Å². The van der Waals surface area contributed by atoms with Gasteiger partial charge in [-0.15, -0.1) is 0 Å². The number of non-ortho nitro benzene ring substituents is 1. The van der Waals surface area contributed by atoms with Gasteiger partial charge in [0.25, 0.3) is 5.69 Å². The highest BCUT2D eigenvalue weighted by Crippen LogP contribution is 2.12. The van der Waals surface area contributed by atoms with E-state index >= 15 is 0 Å². The van der Waals surface area contributed by atoms with Gasteiger partial charge in [0.15, 0.2) is 0 Å². The Hall–Kier alpha value is -1.50. The van der Waals surface area contributed by atoms with Gasteiger partial charge in [-0.3, -0.25) is 15.4 Å². The van der Waals surface area contributed by atoms with Crippen molar-refractivity contribution >= 4 is 5.69 Å². The highest BCUT2D eigenvalue weighted by molar-refractivity contribution is 5.33. The van der Waals surface area contributed by atoms with Gasteiger partial charge in [-0.05, 0) is 5.56 Å². The first kappa shape index (κ1) is 12.6. The zero-order chi connectivity index (χ0) is 12.0. The summed E-state index contributed by atoms with van der Waals surface area (Å²) in [5.41, 5.74) is 0.824. The fraction of sp³-hybridized carbons (Fsp3) is 0.400. The van der Waals surface area contributed by atoms with Crippen LogP contribution in [0.1, 0.15) is 5.56 Å². The predicted octanol–water partition coefficient (Wildman–Crippen LogP) is 0.0376. The first-order valence-corrected chi connectivity index (χ1v) is 4.89. The van der Waals surface area contributed by atoms with Crippen LogP contribution in [-0.2, 0) is 6.42 Å². The SMILES string of the molecule is O=[N+]([O-])c1ccc(CC(O)NCCO)cc1. The molecule has 6 nitrogen and oxygen atoms in total. The molecule has 0 radical (unpaired) electrons. The summed E-state index contributed by atoms with van der Waals surface area (Å²) < 4.78 is 0. The minimum atomic E-state index is -0.756. The zero-order valence-electron chi connectivity index (χ0n) is 8.67. The van der Waals surface area contributed by atoms with Crippen LogP contribution in [0.2, 0.25) is 0 Å². The number of nitrogens with zero attached hydrogens (tertiary/aromatic N) is 1. The summed E-state index contributed by atoms with van der Waals surface area (Å²) in [5.74, 6) is 0. The average Bonchev–Trinajstić information content (AvgIpc) is 2.27. The standard InChI is InChI=1S/C10H14N2O4/c13-6-5-11-10(14)7-8-1-3-9(4-2-8)12(15)16/h1-4,10-11,13-14H,5-7H2. The van der Waals surface area contributed by atoms with Gasteiger partial charge in [0.2, 0.25) is 0 Å². The monoisotopic (exact) mass is 226 g/mol. The van der Waals surface area contributed by atoms with E-state index < -0.39 is 11.2 Å². The molecule has 0 aliphatic carbocycles. The lowest BCUT2D eigenvalue weighted by atomic mass is 10.1. The van der Waals surface area contributed by atoms with Gasteiger partial charge in [0.1, 0.15) is 6.23 Å². The molecular formula is C10H14N2O4. The van der Waals surface area contributed by atoms with Gasteiger partial charge in [0.05, 0.1) is 11.5 Å². The van der Waals surface area contributed by atoms with Gasteiger partial charge >= 0.3 is 0 Å². The van der Waals surface area contributed by atoms with E-state index in [9.17, 15) is 15.2 Å². The molecule has 0 heterocycles. The summed E-state index contributed by atoms with van der Waals surface area (Å²) in [5, 5.41) is 31.1. The number of aliphatic hydroxyl groups excluding tert-OH is 2. The molecule has 0 amide bonds. The summed E-state index contributed by atoms with van der Waals surface area (Å²) in [4.78, 5) is 9.92. The van der Waals surface area contributed by atoms with Crippen molar-refractivity contribution in [3.05, 3.63) is 39.9 Å². The van der Waals surface area contributed by atoms with Crippen LogP contribution in [0.4, 0.5) is 5.69 Å². The van der Waals surface area contributed by atoms with Gasteiger partial charge in [-0.1, -0.05) is 12.1 Å². The zero-order valence-corrected chi connectivity index (χ0v) is 8.67. The van der Waals surface area contributed by atoms with E-state index in [1.165, 1.54) is 12.1 Å². The molecule has 0 spiro atoms. The Balaban J connectivity index is 2.51. The lowest BCUT2D eigenvalue weighted by molar-refractivity contribution is -0.384. The summed E-state index contributed by atoms with van der Waals surface area (Å²) in [6.45, 7) is 0.269. The summed E-state index contributed by atoms with van der Waals surface area (Å²) >= 11 is 0. The normalized spacial score (nSPS) is 12.4. The number of nitro groups is 1. The molecule has 0 saturated carbocycles. The summed E-state index contributed by atoms with van der Waals surface area (Å²) in [6.07, 6.45) is -0.411. The maximum atomic E-state index is 10.4. The van der Waals surface area contributed by atoms with Crippen molar-refractivity contribution < 1.29 is 15.1 Å². The topological polar surface area (TPSA) is 95.6 Å². The minimum Gasteiger partial charge on any atom is -0.395 e. The van der Waals surface area contributed by atoms with Crippen LogP contribution in [0.5, 0.6) is 0 Å². The Morgan fingerprint density at radius 3 is 2.50 bits per heavy atom. The number of rotatable bonds is 6. The molecule has 1 atom stereocenters. The Morgan fingerprint density at radius 2 is 2.00 bits per heavy atom. The van der Waals surface area contributed by atoms with Crippen LogP contribution in [0.25, 0.3) is 0 Å². The third-order valence-electron chi connectivity index (χ3n) is 2.07. The highest BCUT2D eigenvalue weighted by Gasteiger charge is 2.07. The third-order valence-corrected chi connectivity index (χ3v) is 2.07. The van der Waals surface area contributed by atoms with Crippen LogP contribution >= 0.6 is 0 Å². The Bertz CT molecular complexity index is 339. The Morgan fingerprint density at radius 1 is 1.38 bits per heavy atom. The molecule has 1 aromatic rings. The third kappa shape index (κ3) is 3.93. The first-order valence-electron chi connectivity index (χ1n) is 4.89. The van der Waals surface area contributed by atoms with Gasteiger partial charge in [-0.2, -0.15) is 0 Å². The van der Waals surface area contributed by atoms with Crippen molar-refractivity contribution in [3.8, 4) is 0 Å². The molecule has 1 unspecified atom stereocenters. The molecule has 0 aliphatic rings. The quantitative estimate of drug-likeness (QED) is 0.361. The lowest BCUT2D eigenvalue weighted by Crippen LogP contribution is -2.32. The number of aliphatic hydroxyl groups is 2. The number of hydrogen-bond donors (Lipinski definition) is 3. The van der Waals surface area contributed by atoms with E-state index in [2.05, 4.69) is 5.32 Å². The Labute approximate surface area is 92.7 Å². The van der Waals surface area contributed by atoms with E-state index in [-0.39, 0.29) is 12.3 Å². The van der Waals surface area contributed by atoms with Crippen molar-refractivity contribution in [2.24, 2.45) is 0 Å². The number of nitrogens with one attached hydrogen (secondary N) is 1. The smallest absolute Gasteiger partial charge is 0.269 e. The van der Waals surface area contributed by atoms with Crippen molar-refractivity contribution in [2.45, 2.75) is 12.6 Å². The maximum Gasteiger partial charge on any atom is 0.269 e. The summed E-state index contributed by atoms with van der Waals surface area (Å²) in [7, 11) is 0. The van der Waals surface area contributed by atoms with Crippen LogP contribution < -0.4 is 5.32 Å². The minimum absolute atomic E-state index is 0.0292. The fourth-order valence-corrected chi connectivity index (χ4v) is 1.28. The number of hydrogen-bond acceptors (Lipinski definition) is 5. The maximum absolute atomic E-state index is 10.4. The molecule has 3 N–H and O–H groups in total. The van der Waals surface area contributed by atoms with Crippen LogP contribution in [0, 0.1) is 10.1 Å². The fourth-order valence-electron chi connectivity index (χ4n) is 1.28. The lowest BCUT2D eigenvalue weighted by Gasteiger charge is -2.11. The van der Waals surface area contributed by atoms with Crippen LogP contribution in [0.3, 0.4) is 0 Å². The van der Waals surface area contributed by atoms with Crippen LogP contribution in [0.15, 0.2) is 24.3 Å². The second-order valence-corrected chi connectivity index (χ2v) is 3.32. The van der Waals surface area contributed by atoms with Gasteiger partial charge in [-0.25, -0.2) is 0 Å². The molecule has 16 heavy (non-hydrogen) atoms. The molecule has 1 rings (SSSR count). The van der Waals surface area contributed by atoms with Crippen molar-refractivity contribution in [3.63, 3.8) is 0 Å². The summed E-state index contributed by atoms with van der Waals surface area (Å²) in [6, 6.07) is 5.99. The molecule has 0 bridgehead atoms. The van der Waals surface area contributed by atoms with E-state index in [0.717, 1.165) is 5.56 Å². The molecule has 1 aromatic carbocycles. The molecule has 6 heteroatoms. The van der Waals surface area contributed by atoms with E-state index in [1.807, 2.05) is 0 Å². The van der Waals surface area contributed by atoms with Gasteiger partial charge < -0.3 is 10.2 Å². The Kier molecular flexibility index (Phi) is 4.84. The van der Waals surface area contributed by atoms with E-state index in [1.54, 1.807) is 12.1 Å². The van der Waals surface area contributed by atoms with Crippen molar-refractivity contribution in [1.29, 1.82) is 0 Å². The second kappa shape index (κ2) is 6.16. The highest BCUT2D eigenvalue weighted by atomic mass is 16.6. The van der Waals surface area contributed by atoms with Crippen molar-refractivity contribution in [2.75, 3.05) is 13.2 Å². The molecule has 0 fully saturated rings. The molecule has 0 aromatic heterocycles. The molecule has 0 aliphatic heterocycles. The van der Waals surface area contributed by atoms with E-state index in [0.29, 0.717) is 13.0 Å². The second-order valence-electron chi connectivity index (χ2n) is 3.32. The number of nitro benzene ring substituents is 1. The molecule has 88 valence electrons. The van der Waals surface area contributed by atoms with Gasteiger partial charge in [0, 0.05) is 25.1 Å². The average molecular weight is 226 g/mol. The number of benzene rings is 1. The van der Waals surface area contributed by atoms with Crippen LogP contribution in [-0.4, -0.2) is 34.5 Å². The largest absolute Gasteiger partial charge is 0.395 e. The first-order chi connectivity index (χ1) is 7.63. The predicted molar refractivity (Wildman–Crippen MR) is 57.9 cm³/mol. The molecular weight excluding hydrogens is 212 g/mol. The van der Waals surface area contributed by atoms with Crippen molar-refractivity contribution in [1.82, 2.24) is 5.32 Å².